The summed E-state index contributed by atoms with van der Waals surface area (Å²) in [6.07, 6.45) is -8.72. The third kappa shape index (κ3) is 6.21. The molecule has 0 aliphatic rings. The molecule has 1 aromatic heterocycles. The van der Waals surface area contributed by atoms with Crippen LogP contribution in [-0.2, 0) is 23.3 Å². The summed E-state index contributed by atoms with van der Waals surface area (Å²) in [5, 5.41) is 2.34. The zero-order valence-corrected chi connectivity index (χ0v) is 18.6. The van der Waals surface area contributed by atoms with E-state index in [1.807, 2.05) is 0 Å². The quantitative estimate of drug-likeness (QED) is 0.205. The number of benzene rings is 2. The van der Waals surface area contributed by atoms with Gasteiger partial charge in [0.25, 0.3) is 5.91 Å². The lowest BCUT2D eigenvalue weighted by atomic mass is 10.00. The first-order valence-corrected chi connectivity index (χ1v) is 10.8. The molecular formula is C22H14F7IN2O. The maximum absolute atomic E-state index is 13.3. The van der Waals surface area contributed by atoms with E-state index in [9.17, 15) is 35.5 Å². The Morgan fingerprint density at radius 1 is 0.909 bits per heavy atom. The van der Waals surface area contributed by atoms with Crippen molar-refractivity contribution in [3.63, 3.8) is 0 Å². The first kappa shape index (κ1) is 24.9. The van der Waals surface area contributed by atoms with Gasteiger partial charge in [0.15, 0.2) is 0 Å². The Balaban J connectivity index is 1.92. The van der Waals surface area contributed by atoms with E-state index >= 15 is 0 Å². The van der Waals surface area contributed by atoms with Crippen molar-refractivity contribution in [1.82, 2.24) is 10.3 Å². The van der Waals surface area contributed by atoms with Crippen LogP contribution in [-0.4, -0.2) is 10.9 Å². The molecule has 33 heavy (non-hydrogen) atoms. The van der Waals surface area contributed by atoms with Crippen LogP contribution in [0.3, 0.4) is 0 Å². The number of carbonyl (C=O) groups is 1. The maximum atomic E-state index is 13.3. The maximum Gasteiger partial charge on any atom is 0.416 e. The number of hydrogen-bond acceptors (Lipinski definition) is 2. The molecule has 0 unspecified atom stereocenters. The normalized spacial score (nSPS) is 12.0. The topological polar surface area (TPSA) is 42.0 Å². The van der Waals surface area contributed by atoms with Crippen LogP contribution in [0.15, 0.2) is 54.7 Å². The number of alkyl halides is 7. The Kier molecular flexibility index (Phi) is 7.29. The van der Waals surface area contributed by atoms with Crippen LogP contribution in [0.25, 0.3) is 11.1 Å². The fraction of sp³-hybridized carbons (Fsp3) is 0.182. The second-order valence-electron chi connectivity index (χ2n) is 6.96. The van der Waals surface area contributed by atoms with E-state index in [4.69, 9.17) is 0 Å². The summed E-state index contributed by atoms with van der Waals surface area (Å²) in [5.41, 5.74) is -1.76. The van der Waals surface area contributed by atoms with Crippen LogP contribution in [0, 0.1) is 5.82 Å². The van der Waals surface area contributed by atoms with Gasteiger partial charge in [-0.2, -0.15) is 26.3 Å². The third-order valence-corrected chi connectivity index (χ3v) is 5.38. The Morgan fingerprint density at radius 3 is 2.00 bits per heavy atom. The molecule has 0 saturated heterocycles. The monoisotopic (exact) mass is 582 g/mol. The molecule has 174 valence electrons. The Bertz CT molecular complexity index is 1130. The number of nitrogens with zero attached hydrogens (tertiary/aromatic N) is 1. The fourth-order valence-electron chi connectivity index (χ4n) is 3.02. The zero-order valence-electron chi connectivity index (χ0n) is 16.5. The second kappa shape index (κ2) is 9.65. The molecule has 0 radical (unpaired) electrons. The van der Waals surface area contributed by atoms with Crippen molar-refractivity contribution in [2.75, 3.05) is 0 Å². The molecule has 3 nitrogen and oxygen atoms in total. The van der Waals surface area contributed by atoms with Crippen LogP contribution in [0.4, 0.5) is 30.7 Å². The molecule has 3 rings (SSSR count). The molecule has 0 fully saturated rings. The Labute approximate surface area is 197 Å². The van der Waals surface area contributed by atoms with Crippen molar-refractivity contribution < 1.29 is 35.5 Å². The first-order chi connectivity index (χ1) is 15.4. The lowest BCUT2D eigenvalue weighted by Gasteiger charge is -2.15. The van der Waals surface area contributed by atoms with Gasteiger partial charge >= 0.3 is 12.4 Å². The van der Waals surface area contributed by atoms with E-state index in [-0.39, 0.29) is 17.2 Å². The van der Waals surface area contributed by atoms with E-state index in [0.29, 0.717) is 33.4 Å². The summed E-state index contributed by atoms with van der Waals surface area (Å²) in [7, 11) is 0. The third-order valence-electron chi connectivity index (χ3n) is 4.60. The summed E-state index contributed by atoms with van der Waals surface area (Å²) < 4.78 is 92.1. The number of halogens is 8. The molecule has 2 aromatic carbocycles. The number of carbonyl (C=O) groups excluding carboxylic acids is 1. The molecule has 0 aliphatic carbocycles. The van der Waals surface area contributed by atoms with Crippen LogP contribution >= 0.6 is 22.6 Å². The van der Waals surface area contributed by atoms with E-state index in [2.05, 4.69) is 32.9 Å². The minimum Gasteiger partial charge on any atom is -0.348 e. The molecule has 1 N–H and O–H groups in total. The summed E-state index contributed by atoms with van der Waals surface area (Å²) in [6, 6.07) is 8.01. The van der Waals surface area contributed by atoms with Gasteiger partial charge in [-0.1, -0.05) is 34.7 Å². The van der Waals surface area contributed by atoms with E-state index in [1.54, 1.807) is 6.07 Å². The van der Waals surface area contributed by atoms with E-state index in [0.717, 1.165) is 0 Å². The first-order valence-electron chi connectivity index (χ1n) is 9.26. The summed E-state index contributed by atoms with van der Waals surface area (Å²) in [6.45, 7) is -0.581. The number of rotatable bonds is 5. The SMILES string of the molecule is O=C(NCc1cc(C(F)(F)F)cc(C(F)(F)F)c1)c1cnc(CI)cc1-c1ccc(F)cc1. The highest BCUT2D eigenvalue weighted by molar-refractivity contribution is 14.1. The predicted molar refractivity (Wildman–Crippen MR) is 115 cm³/mol. The largest absolute Gasteiger partial charge is 0.416 e. The molecule has 0 saturated carbocycles. The minimum absolute atomic E-state index is 0.0185. The van der Waals surface area contributed by atoms with Gasteiger partial charge in [0, 0.05) is 17.2 Å². The zero-order chi connectivity index (χ0) is 24.4. The highest BCUT2D eigenvalue weighted by atomic mass is 127. The van der Waals surface area contributed by atoms with Gasteiger partial charge in [0.1, 0.15) is 5.82 Å². The molecule has 0 bridgehead atoms. The average Bonchev–Trinajstić information content (AvgIpc) is 2.76. The standard InChI is InChI=1S/C22H14F7IN2O/c23-16-3-1-13(2-4-16)18-8-17(9-30)31-11-19(18)20(33)32-10-12-5-14(21(24,25)26)7-15(6-12)22(27,28)29/h1-8,11H,9-10H2,(H,32,33). The van der Waals surface area contributed by atoms with Gasteiger partial charge in [-0.25, -0.2) is 4.39 Å². The number of amides is 1. The molecule has 0 aliphatic heterocycles. The molecule has 1 heterocycles. The van der Waals surface area contributed by atoms with Crippen molar-refractivity contribution in [1.29, 1.82) is 0 Å². The Hall–Kier alpha value is -2.70. The van der Waals surface area contributed by atoms with Gasteiger partial charge in [0.2, 0.25) is 0 Å². The van der Waals surface area contributed by atoms with Crippen molar-refractivity contribution >= 4 is 28.5 Å². The van der Waals surface area contributed by atoms with E-state index < -0.39 is 41.7 Å². The molecule has 1 amide bonds. The summed E-state index contributed by atoms with van der Waals surface area (Å²) in [4.78, 5) is 16.9. The second-order valence-corrected chi connectivity index (χ2v) is 7.72. The van der Waals surface area contributed by atoms with Gasteiger partial charge < -0.3 is 5.32 Å². The molecule has 11 heteroatoms. The number of nitrogens with one attached hydrogen (secondary N) is 1. The number of pyridine rings is 1. The van der Waals surface area contributed by atoms with Gasteiger partial charge in [-0.05, 0) is 53.1 Å². The van der Waals surface area contributed by atoms with Crippen molar-refractivity contribution in [2.45, 2.75) is 23.3 Å². The minimum atomic E-state index is -4.99. The smallest absolute Gasteiger partial charge is 0.348 e. The van der Waals surface area contributed by atoms with Crippen LogP contribution in [0.5, 0.6) is 0 Å². The van der Waals surface area contributed by atoms with Crippen molar-refractivity contribution in [3.05, 3.63) is 88.5 Å². The number of aromatic nitrogens is 1. The highest BCUT2D eigenvalue weighted by Crippen LogP contribution is 2.36. The number of hydrogen-bond donors (Lipinski definition) is 1. The van der Waals surface area contributed by atoms with Crippen molar-refractivity contribution in [3.8, 4) is 11.1 Å². The lowest BCUT2D eigenvalue weighted by molar-refractivity contribution is -0.143. The summed E-state index contributed by atoms with van der Waals surface area (Å²) in [5.74, 6) is -1.24. The predicted octanol–water partition coefficient (Wildman–Crippen LogP) is 6.79. The van der Waals surface area contributed by atoms with Gasteiger partial charge in [0.05, 0.1) is 22.4 Å². The molecule has 0 spiro atoms. The van der Waals surface area contributed by atoms with E-state index in [1.165, 1.54) is 30.5 Å². The van der Waals surface area contributed by atoms with Crippen LogP contribution in [0.2, 0.25) is 0 Å². The highest BCUT2D eigenvalue weighted by Gasteiger charge is 2.36. The average molecular weight is 582 g/mol. The molecule has 0 atom stereocenters. The summed E-state index contributed by atoms with van der Waals surface area (Å²) >= 11 is 2.06. The Morgan fingerprint density at radius 2 is 1.48 bits per heavy atom. The molecule has 3 aromatic rings. The van der Waals surface area contributed by atoms with Crippen LogP contribution in [0.1, 0.15) is 32.7 Å². The lowest BCUT2D eigenvalue weighted by Crippen LogP contribution is -2.24. The van der Waals surface area contributed by atoms with Crippen LogP contribution < -0.4 is 5.32 Å². The van der Waals surface area contributed by atoms with Gasteiger partial charge in [-0.15, -0.1) is 0 Å². The fourth-order valence-corrected chi connectivity index (χ4v) is 3.44. The molecular weight excluding hydrogens is 568 g/mol. The van der Waals surface area contributed by atoms with Gasteiger partial charge in [-0.3, -0.25) is 9.78 Å². The van der Waals surface area contributed by atoms with Crippen molar-refractivity contribution in [2.24, 2.45) is 0 Å².